The lowest BCUT2D eigenvalue weighted by Gasteiger charge is -2.25. The number of benzene rings is 5. The Kier molecular flexibility index (Phi) is 5.63. The Morgan fingerprint density at radius 3 is 2.02 bits per heavy atom. The molecule has 4 aromatic heterocycles. The molecule has 6 heterocycles. The van der Waals surface area contributed by atoms with Gasteiger partial charge < -0.3 is 14.0 Å². The van der Waals surface area contributed by atoms with Gasteiger partial charge in [0.2, 0.25) is 0 Å². The summed E-state index contributed by atoms with van der Waals surface area (Å²) in [6, 6.07) is 45.7. The molecular formula is C44H28N6. The maximum Gasteiger partial charge on any atom is 0.152 e. The fourth-order valence-electron chi connectivity index (χ4n) is 8.16. The zero-order valence-electron chi connectivity index (χ0n) is 26.8. The van der Waals surface area contributed by atoms with E-state index in [2.05, 4.69) is 157 Å². The van der Waals surface area contributed by atoms with Crippen LogP contribution in [0.1, 0.15) is 5.56 Å². The fourth-order valence-corrected chi connectivity index (χ4v) is 8.16. The summed E-state index contributed by atoms with van der Waals surface area (Å²) in [6.45, 7) is 0. The number of rotatable bonds is 4. The molecule has 5 aromatic carbocycles. The normalized spacial score (nSPS) is 15.0. The van der Waals surface area contributed by atoms with Crippen LogP contribution < -0.4 is 4.90 Å². The van der Waals surface area contributed by atoms with Gasteiger partial charge in [-0.1, -0.05) is 60.7 Å². The van der Waals surface area contributed by atoms with Crippen molar-refractivity contribution in [2.24, 2.45) is 4.99 Å². The molecule has 0 aliphatic carbocycles. The topological polar surface area (TPSA) is 51.2 Å². The SMILES string of the molecule is C1=NC2C(=C1)c1cc(-n3c4ccccc4c4ccncc43)ccc1N2c1cccc(-n2c3ccc(-c4ccccc4)cc3c3ccncc32)c1. The average Bonchev–Trinajstić information content (AvgIpc) is 3.94. The van der Waals surface area contributed by atoms with E-state index >= 15 is 0 Å². The van der Waals surface area contributed by atoms with Crippen LogP contribution in [-0.2, 0) is 0 Å². The van der Waals surface area contributed by atoms with Gasteiger partial charge in [0.25, 0.3) is 0 Å². The highest BCUT2D eigenvalue weighted by Gasteiger charge is 2.36. The Bertz CT molecular complexity index is 2840. The van der Waals surface area contributed by atoms with Crippen molar-refractivity contribution in [3.05, 3.63) is 164 Å². The van der Waals surface area contributed by atoms with Crippen molar-refractivity contribution in [3.63, 3.8) is 0 Å². The molecule has 0 amide bonds. The van der Waals surface area contributed by atoms with Crippen molar-refractivity contribution in [1.82, 2.24) is 19.1 Å². The van der Waals surface area contributed by atoms with E-state index in [0.717, 1.165) is 39.3 Å². The summed E-state index contributed by atoms with van der Waals surface area (Å²) >= 11 is 0. The summed E-state index contributed by atoms with van der Waals surface area (Å²) in [5, 5.41) is 4.82. The highest BCUT2D eigenvalue weighted by atomic mass is 15.3. The van der Waals surface area contributed by atoms with Crippen LogP contribution in [0.3, 0.4) is 0 Å². The first kappa shape index (κ1) is 27.2. The van der Waals surface area contributed by atoms with E-state index in [0.29, 0.717) is 0 Å². The monoisotopic (exact) mass is 640 g/mol. The lowest BCUT2D eigenvalue weighted by molar-refractivity contribution is 0.888. The Morgan fingerprint density at radius 2 is 1.18 bits per heavy atom. The van der Waals surface area contributed by atoms with Crippen LogP contribution in [-0.4, -0.2) is 31.5 Å². The summed E-state index contributed by atoms with van der Waals surface area (Å²) in [7, 11) is 0. The van der Waals surface area contributed by atoms with Crippen molar-refractivity contribution < 1.29 is 0 Å². The van der Waals surface area contributed by atoms with E-state index in [9.17, 15) is 0 Å². The highest BCUT2D eigenvalue weighted by Crippen LogP contribution is 2.48. The maximum atomic E-state index is 4.97. The van der Waals surface area contributed by atoms with Gasteiger partial charge >= 0.3 is 0 Å². The van der Waals surface area contributed by atoms with Crippen LogP contribution in [0, 0.1) is 0 Å². The number of hydrogen-bond acceptors (Lipinski definition) is 4. The maximum absolute atomic E-state index is 4.97. The van der Waals surface area contributed by atoms with Crippen molar-refractivity contribution in [2.75, 3.05) is 4.90 Å². The average molecular weight is 641 g/mol. The first-order chi connectivity index (χ1) is 24.8. The second kappa shape index (κ2) is 10.4. The van der Waals surface area contributed by atoms with Gasteiger partial charge in [0, 0.05) is 68.4 Å². The van der Waals surface area contributed by atoms with Crippen LogP contribution >= 0.6 is 0 Å². The third kappa shape index (κ3) is 3.81. The molecule has 0 fully saturated rings. The van der Waals surface area contributed by atoms with Gasteiger partial charge in [-0.3, -0.25) is 15.0 Å². The summed E-state index contributed by atoms with van der Waals surface area (Å²) in [5.74, 6) is 0. The number of pyridine rings is 2. The van der Waals surface area contributed by atoms with E-state index in [4.69, 9.17) is 4.99 Å². The molecule has 1 unspecified atom stereocenters. The first-order valence-corrected chi connectivity index (χ1v) is 16.9. The molecule has 2 aliphatic rings. The lowest BCUT2D eigenvalue weighted by atomic mass is 10.0. The Labute approximate surface area is 287 Å². The molecule has 0 radical (unpaired) electrons. The molecule has 0 saturated carbocycles. The molecule has 50 heavy (non-hydrogen) atoms. The largest absolute Gasteiger partial charge is 0.314 e. The predicted molar refractivity (Wildman–Crippen MR) is 205 cm³/mol. The quantitative estimate of drug-likeness (QED) is 0.192. The summed E-state index contributed by atoms with van der Waals surface area (Å²) in [4.78, 5) is 16.4. The van der Waals surface area contributed by atoms with Gasteiger partial charge in [0.15, 0.2) is 6.17 Å². The van der Waals surface area contributed by atoms with Crippen LogP contribution in [0.5, 0.6) is 0 Å². The van der Waals surface area contributed by atoms with Crippen LogP contribution in [0.2, 0.25) is 0 Å². The minimum atomic E-state index is -0.122. The molecule has 2 aliphatic heterocycles. The van der Waals surface area contributed by atoms with E-state index < -0.39 is 0 Å². The van der Waals surface area contributed by atoms with Gasteiger partial charge in [-0.05, 0) is 83.9 Å². The standard InChI is InChI=1S/C44H28N6/c1-2-7-28(8-3-1)29-13-15-40-37(23-29)35-18-21-46-27-43(35)48(40)30-9-6-10-31(24-30)50-41-16-14-32(25-38(41)36-19-22-47-44(36)50)49-39-12-5-4-11-33(39)34-17-20-45-26-42(34)49/h1-27,44H. The molecule has 0 saturated heterocycles. The molecule has 11 rings (SSSR count). The zero-order chi connectivity index (χ0) is 32.8. The second-order valence-corrected chi connectivity index (χ2v) is 13.0. The number of fused-ring (bicyclic) bond motifs is 9. The molecule has 1 atom stereocenters. The van der Waals surface area contributed by atoms with Crippen LogP contribution in [0.25, 0.3) is 71.7 Å². The highest BCUT2D eigenvalue weighted by molar-refractivity contribution is 6.11. The third-order valence-corrected chi connectivity index (χ3v) is 10.3. The molecule has 6 heteroatoms. The number of nitrogens with zero attached hydrogens (tertiary/aromatic N) is 6. The molecule has 0 bridgehead atoms. The smallest absolute Gasteiger partial charge is 0.152 e. The van der Waals surface area contributed by atoms with Gasteiger partial charge in [0.05, 0.1) is 40.1 Å². The first-order valence-electron chi connectivity index (χ1n) is 16.9. The van der Waals surface area contributed by atoms with Gasteiger partial charge in [-0.15, -0.1) is 0 Å². The van der Waals surface area contributed by atoms with E-state index in [1.165, 1.54) is 49.3 Å². The Morgan fingerprint density at radius 1 is 0.480 bits per heavy atom. The van der Waals surface area contributed by atoms with Gasteiger partial charge in [-0.2, -0.15) is 0 Å². The van der Waals surface area contributed by atoms with Gasteiger partial charge in [-0.25, -0.2) is 0 Å². The molecule has 6 nitrogen and oxygen atoms in total. The number of aliphatic imine (C=N–C) groups is 1. The Balaban J connectivity index is 1.06. The zero-order valence-corrected chi connectivity index (χ0v) is 26.8. The summed E-state index contributed by atoms with van der Waals surface area (Å²) in [5.41, 5.74) is 13.7. The molecule has 0 spiro atoms. The number of allylic oxidation sites excluding steroid dienone is 1. The van der Waals surface area contributed by atoms with E-state index in [1.807, 2.05) is 31.0 Å². The van der Waals surface area contributed by atoms with Crippen molar-refractivity contribution in [2.45, 2.75) is 6.17 Å². The minimum Gasteiger partial charge on any atom is -0.314 e. The molecule has 0 N–H and O–H groups in total. The van der Waals surface area contributed by atoms with Crippen LogP contribution in [0.15, 0.2) is 163 Å². The number of hydrogen-bond donors (Lipinski definition) is 0. The number of anilines is 2. The third-order valence-electron chi connectivity index (χ3n) is 10.3. The number of para-hydroxylation sites is 1. The molecule has 9 aromatic rings. The van der Waals surface area contributed by atoms with Crippen molar-refractivity contribution in [1.29, 1.82) is 0 Å². The van der Waals surface area contributed by atoms with Gasteiger partial charge in [0.1, 0.15) is 0 Å². The van der Waals surface area contributed by atoms with Crippen molar-refractivity contribution in [3.8, 4) is 22.5 Å². The predicted octanol–water partition coefficient (Wildman–Crippen LogP) is 10.3. The van der Waals surface area contributed by atoms with E-state index in [-0.39, 0.29) is 6.17 Å². The summed E-state index contributed by atoms with van der Waals surface area (Å²) in [6.07, 6.45) is 11.7. The minimum absolute atomic E-state index is 0.122. The fraction of sp³-hybridized carbons (Fsp3) is 0.0227. The number of aromatic nitrogens is 4. The van der Waals surface area contributed by atoms with Crippen LogP contribution in [0.4, 0.5) is 11.4 Å². The molecular weight excluding hydrogens is 613 g/mol. The second-order valence-electron chi connectivity index (χ2n) is 13.0. The summed E-state index contributed by atoms with van der Waals surface area (Å²) < 4.78 is 4.66. The Hall–Kier alpha value is -6.79. The van der Waals surface area contributed by atoms with E-state index in [1.54, 1.807) is 0 Å². The van der Waals surface area contributed by atoms with Crippen molar-refractivity contribution >= 4 is 66.8 Å². The molecule has 234 valence electrons. The lowest BCUT2D eigenvalue weighted by Crippen LogP contribution is -2.23.